The van der Waals surface area contributed by atoms with Gasteiger partial charge in [-0.3, -0.25) is 9.59 Å². The molecule has 3 rings (SSSR count). The van der Waals surface area contributed by atoms with Crippen LogP contribution in [0.2, 0.25) is 0 Å². The van der Waals surface area contributed by atoms with Crippen LogP contribution in [0.25, 0.3) is 5.78 Å². The van der Waals surface area contributed by atoms with Crippen molar-refractivity contribution in [3.8, 4) is 0 Å². The molecule has 0 unspecified atom stereocenters. The van der Waals surface area contributed by atoms with Crippen LogP contribution >= 0.6 is 0 Å². The molecule has 0 saturated heterocycles. The molecule has 25 heavy (non-hydrogen) atoms. The zero-order valence-electron chi connectivity index (χ0n) is 14.4. The summed E-state index contributed by atoms with van der Waals surface area (Å²) in [6, 6.07) is 8.51. The molecule has 8 nitrogen and oxygen atoms in total. The SMILES string of the molecule is Cc1cc(C)n2nc(C(=O)Nc3ccc(C(=O)N(C)C)cc3)nc2n1. The summed E-state index contributed by atoms with van der Waals surface area (Å²) in [6.45, 7) is 3.73. The molecule has 0 aliphatic heterocycles. The first-order chi connectivity index (χ1) is 11.8. The number of aromatic nitrogens is 4. The number of aryl methyl sites for hydroxylation is 2. The van der Waals surface area contributed by atoms with Crippen LogP contribution in [0, 0.1) is 13.8 Å². The Morgan fingerprint density at radius 1 is 1.08 bits per heavy atom. The van der Waals surface area contributed by atoms with E-state index in [9.17, 15) is 9.59 Å². The van der Waals surface area contributed by atoms with Gasteiger partial charge in [0.1, 0.15) is 0 Å². The summed E-state index contributed by atoms with van der Waals surface area (Å²) >= 11 is 0. The van der Waals surface area contributed by atoms with E-state index in [1.807, 2.05) is 19.9 Å². The smallest absolute Gasteiger partial charge is 0.295 e. The Kier molecular flexibility index (Phi) is 4.18. The maximum Gasteiger partial charge on any atom is 0.295 e. The topological polar surface area (TPSA) is 92.5 Å². The van der Waals surface area contributed by atoms with Crippen LogP contribution in [0.1, 0.15) is 32.4 Å². The number of anilines is 1. The van der Waals surface area contributed by atoms with E-state index in [-0.39, 0.29) is 11.7 Å². The fourth-order valence-corrected chi connectivity index (χ4v) is 2.40. The largest absolute Gasteiger partial charge is 0.345 e. The summed E-state index contributed by atoms with van der Waals surface area (Å²) in [5.74, 6) is -0.115. The van der Waals surface area contributed by atoms with Crippen LogP contribution in [-0.4, -0.2) is 50.4 Å². The highest BCUT2D eigenvalue weighted by Gasteiger charge is 2.15. The zero-order valence-corrected chi connectivity index (χ0v) is 14.4. The molecule has 2 amide bonds. The molecule has 3 aromatic rings. The van der Waals surface area contributed by atoms with Crippen molar-refractivity contribution in [2.24, 2.45) is 0 Å². The number of amides is 2. The van der Waals surface area contributed by atoms with Gasteiger partial charge in [0.15, 0.2) is 0 Å². The molecule has 0 aliphatic carbocycles. The normalized spacial score (nSPS) is 10.7. The van der Waals surface area contributed by atoms with Gasteiger partial charge >= 0.3 is 0 Å². The second-order valence-corrected chi connectivity index (χ2v) is 5.92. The van der Waals surface area contributed by atoms with Gasteiger partial charge in [0.05, 0.1) is 0 Å². The first-order valence-corrected chi connectivity index (χ1v) is 7.69. The molecule has 0 spiro atoms. The Bertz CT molecular complexity index is 959. The number of rotatable bonds is 3. The first-order valence-electron chi connectivity index (χ1n) is 7.69. The second-order valence-electron chi connectivity index (χ2n) is 5.92. The first kappa shape index (κ1) is 16.6. The van der Waals surface area contributed by atoms with Crippen molar-refractivity contribution < 1.29 is 9.59 Å². The minimum Gasteiger partial charge on any atom is -0.345 e. The molecule has 128 valence electrons. The van der Waals surface area contributed by atoms with Gasteiger partial charge in [0, 0.05) is 36.7 Å². The third kappa shape index (κ3) is 3.32. The minimum absolute atomic E-state index is 0.0367. The Labute approximate surface area is 144 Å². The summed E-state index contributed by atoms with van der Waals surface area (Å²) in [5.41, 5.74) is 2.76. The van der Waals surface area contributed by atoms with Crippen LogP contribution in [0.5, 0.6) is 0 Å². The second kappa shape index (κ2) is 6.31. The van der Waals surface area contributed by atoms with Crippen molar-refractivity contribution in [3.05, 3.63) is 53.1 Å². The van der Waals surface area contributed by atoms with Gasteiger partial charge in [0.25, 0.3) is 17.6 Å². The zero-order chi connectivity index (χ0) is 18.1. The third-order valence-corrected chi connectivity index (χ3v) is 3.62. The summed E-state index contributed by atoms with van der Waals surface area (Å²) in [6.07, 6.45) is 0. The number of carbonyl (C=O) groups is 2. The molecule has 0 saturated carbocycles. The molecule has 2 aromatic heterocycles. The quantitative estimate of drug-likeness (QED) is 0.784. The molecular formula is C17H18N6O2. The lowest BCUT2D eigenvalue weighted by atomic mass is 10.2. The fourth-order valence-electron chi connectivity index (χ4n) is 2.40. The molecule has 0 radical (unpaired) electrons. The Morgan fingerprint density at radius 3 is 2.40 bits per heavy atom. The average Bonchev–Trinajstić information content (AvgIpc) is 2.99. The number of hydrogen-bond donors (Lipinski definition) is 1. The van der Waals surface area contributed by atoms with Crippen molar-refractivity contribution in [2.75, 3.05) is 19.4 Å². The van der Waals surface area contributed by atoms with Crippen LogP contribution in [0.15, 0.2) is 30.3 Å². The molecule has 0 aliphatic rings. The fraction of sp³-hybridized carbons (Fsp3) is 0.235. The van der Waals surface area contributed by atoms with Crippen LogP contribution in [0.4, 0.5) is 5.69 Å². The van der Waals surface area contributed by atoms with E-state index < -0.39 is 5.91 Å². The van der Waals surface area contributed by atoms with Gasteiger partial charge in [-0.1, -0.05) is 0 Å². The Hall–Kier alpha value is -3.29. The average molecular weight is 338 g/mol. The predicted molar refractivity (Wildman–Crippen MR) is 92.7 cm³/mol. The van der Waals surface area contributed by atoms with E-state index in [1.165, 1.54) is 9.42 Å². The van der Waals surface area contributed by atoms with E-state index in [0.29, 0.717) is 17.0 Å². The minimum atomic E-state index is -0.436. The van der Waals surface area contributed by atoms with E-state index in [2.05, 4.69) is 20.4 Å². The maximum atomic E-state index is 12.4. The third-order valence-electron chi connectivity index (χ3n) is 3.62. The van der Waals surface area contributed by atoms with Crippen LogP contribution < -0.4 is 5.32 Å². The highest BCUT2D eigenvalue weighted by Crippen LogP contribution is 2.12. The van der Waals surface area contributed by atoms with Crippen molar-refractivity contribution in [1.29, 1.82) is 0 Å². The van der Waals surface area contributed by atoms with Crippen molar-refractivity contribution in [3.63, 3.8) is 0 Å². The van der Waals surface area contributed by atoms with Gasteiger partial charge in [-0.15, -0.1) is 5.10 Å². The van der Waals surface area contributed by atoms with Crippen LogP contribution in [-0.2, 0) is 0 Å². The van der Waals surface area contributed by atoms with E-state index >= 15 is 0 Å². The van der Waals surface area contributed by atoms with Crippen molar-refractivity contribution in [2.45, 2.75) is 13.8 Å². The van der Waals surface area contributed by atoms with Gasteiger partial charge in [-0.05, 0) is 44.2 Å². The van der Waals surface area contributed by atoms with Crippen molar-refractivity contribution in [1.82, 2.24) is 24.5 Å². The number of benzene rings is 1. The predicted octanol–water partition coefficient (Wildman–Crippen LogP) is 1.70. The van der Waals surface area contributed by atoms with E-state index in [4.69, 9.17) is 0 Å². The molecule has 1 N–H and O–H groups in total. The molecule has 1 aromatic carbocycles. The monoisotopic (exact) mass is 338 g/mol. The standard InChI is InChI=1S/C17H18N6O2/c1-10-9-11(2)23-17(18-10)20-14(21-23)15(24)19-13-7-5-12(6-8-13)16(25)22(3)4/h5-9H,1-4H3,(H,19,24). The number of carbonyl (C=O) groups excluding carboxylic acids is 2. The lowest BCUT2D eigenvalue weighted by Crippen LogP contribution is -2.21. The molecular weight excluding hydrogens is 320 g/mol. The Morgan fingerprint density at radius 2 is 1.76 bits per heavy atom. The van der Waals surface area contributed by atoms with E-state index in [1.54, 1.807) is 38.4 Å². The molecule has 0 atom stereocenters. The highest BCUT2D eigenvalue weighted by atomic mass is 16.2. The lowest BCUT2D eigenvalue weighted by molar-refractivity contribution is 0.0827. The molecule has 0 fully saturated rings. The number of fused-ring (bicyclic) bond motifs is 1. The number of nitrogens with zero attached hydrogens (tertiary/aromatic N) is 5. The number of hydrogen-bond acceptors (Lipinski definition) is 5. The van der Waals surface area contributed by atoms with E-state index in [0.717, 1.165) is 11.4 Å². The highest BCUT2D eigenvalue weighted by molar-refractivity contribution is 6.02. The van der Waals surface area contributed by atoms with Gasteiger partial charge in [-0.2, -0.15) is 4.98 Å². The van der Waals surface area contributed by atoms with Crippen LogP contribution in [0.3, 0.4) is 0 Å². The van der Waals surface area contributed by atoms with Gasteiger partial charge < -0.3 is 10.2 Å². The Balaban J connectivity index is 1.80. The number of nitrogens with one attached hydrogen (secondary N) is 1. The summed E-state index contributed by atoms with van der Waals surface area (Å²) < 4.78 is 1.53. The van der Waals surface area contributed by atoms with Gasteiger partial charge in [-0.25, -0.2) is 9.50 Å². The maximum absolute atomic E-state index is 12.4. The lowest BCUT2D eigenvalue weighted by Gasteiger charge is -2.10. The van der Waals surface area contributed by atoms with Gasteiger partial charge in [0.2, 0.25) is 5.82 Å². The summed E-state index contributed by atoms with van der Waals surface area (Å²) in [4.78, 5) is 34.1. The molecule has 8 heteroatoms. The van der Waals surface area contributed by atoms with Crippen molar-refractivity contribution >= 4 is 23.3 Å². The molecule has 0 bridgehead atoms. The molecule has 2 heterocycles. The summed E-state index contributed by atoms with van der Waals surface area (Å²) in [7, 11) is 3.37. The summed E-state index contributed by atoms with van der Waals surface area (Å²) in [5, 5.41) is 6.91.